The van der Waals surface area contributed by atoms with Gasteiger partial charge in [0.25, 0.3) is 18.3 Å². The van der Waals surface area contributed by atoms with E-state index < -0.39 is 53.6 Å². The third-order valence-electron chi connectivity index (χ3n) is 4.78. The number of rotatable bonds is 2. The summed E-state index contributed by atoms with van der Waals surface area (Å²) in [6.45, 7) is -1.05. The molecule has 1 unspecified atom stereocenters. The number of aliphatic hydroxyl groups excluding tert-OH is 1. The SMILES string of the molecule is O=C(c1cc(F)cc(C(F)F)n1)N1CC(F)(F)C(O)C12CCCC2. The molecule has 0 radical (unpaired) electrons. The number of likely N-dealkylation sites (tertiary alicyclic amines) is 1. The molecule has 1 aliphatic heterocycles. The molecule has 2 aliphatic rings. The van der Waals surface area contributed by atoms with Gasteiger partial charge in [0.1, 0.15) is 23.3 Å². The van der Waals surface area contributed by atoms with E-state index in [0.717, 1.165) is 4.90 Å². The van der Waals surface area contributed by atoms with Crippen LogP contribution in [0.3, 0.4) is 0 Å². The first-order chi connectivity index (χ1) is 11.2. The van der Waals surface area contributed by atoms with E-state index in [-0.39, 0.29) is 12.8 Å². The van der Waals surface area contributed by atoms with E-state index in [1.807, 2.05) is 0 Å². The number of hydrogen-bond donors (Lipinski definition) is 1. The molecule has 9 heteroatoms. The molecule has 1 saturated heterocycles. The highest BCUT2D eigenvalue weighted by atomic mass is 19.3. The van der Waals surface area contributed by atoms with Gasteiger partial charge in [0.2, 0.25) is 0 Å². The number of amides is 1. The Bertz CT molecular complexity index is 661. The lowest BCUT2D eigenvalue weighted by atomic mass is 9.90. The van der Waals surface area contributed by atoms with Gasteiger partial charge in [0, 0.05) is 12.1 Å². The van der Waals surface area contributed by atoms with Crippen LogP contribution in [0, 0.1) is 5.82 Å². The van der Waals surface area contributed by atoms with Crippen molar-refractivity contribution < 1.29 is 31.9 Å². The molecule has 1 N–H and O–H groups in total. The van der Waals surface area contributed by atoms with Gasteiger partial charge in [-0.3, -0.25) is 4.79 Å². The molecule has 2 heterocycles. The summed E-state index contributed by atoms with van der Waals surface area (Å²) in [5.41, 5.74) is -3.06. The maximum atomic E-state index is 14.0. The minimum atomic E-state index is -3.52. The fourth-order valence-corrected chi connectivity index (χ4v) is 3.68. The summed E-state index contributed by atoms with van der Waals surface area (Å²) in [7, 11) is 0. The van der Waals surface area contributed by atoms with Crippen LogP contribution in [0.5, 0.6) is 0 Å². The third-order valence-corrected chi connectivity index (χ3v) is 4.78. The second-order valence-corrected chi connectivity index (χ2v) is 6.26. The average molecular weight is 350 g/mol. The molecule has 132 valence electrons. The highest BCUT2D eigenvalue weighted by Gasteiger charge is 2.64. The second kappa shape index (κ2) is 5.65. The lowest BCUT2D eigenvalue weighted by Gasteiger charge is -2.36. The molecule has 1 spiro atoms. The van der Waals surface area contributed by atoms with Crippen LogP contribution in [-0.4, -0.2) is 45.0 Å². The number of aliphatic hydroxyl groups is 1. The summed E-state index contributed by atoms with van der Waals surface area (Å²) in [6.07, 6.45) is -3.69. The molecule has 1 aliphatic carbocycles. The van der Waals surface area contributed by atoms with Gasteiger partial charge in [-0.15, -0.1) is 0 Å². The van der Waals surface area contributed by atoms with Crippen LogP contribution in [0.1, 0.15) is 48.3 Å². The Morgan fingerprint density at radius 2 is 1.92 bits per heavy atom. The molecule has 24 heavy (non-hydrogen) atoms. The maximum absolute atomic E-state index is 14.0. The minimum absolute atomic E-state index is 0.173. The Hall–Kier alpha value is -1.77. The van der Waals surface area contributed by atoms with Crippen molar-refractivity contribution >= 4 is 5.91 Å². The van der Waals surface area contributed by atoms with Gasteiger partial charge in [-0.05, 0) is 12.8 Å². The van der Waals surface area contributed by atoms with Crippen LogP contribution < -0.4 is 0 Å². The van der Waals surface area contributed by atoms with Crippen molar-refractivity contribution in [1.29, 1.82) is 0 Å². The van der Waals surface area contributed by atoms with Crippen molar-refractivity contribution in [2.75, 3.05) is 6.54 Å². The van der Waals surface area contributed by atoms with Gasteiger partial charge in [0.05, 0.1) is 12.1 Å². The van der Waals surface area contributed by atoms with Gasteiger partial charge in [-0.2, -0.15) is 0 Å². The number of pyridine rings is 1. The maximum Gasteiger partial charge on any atom is 0.292 e. The monoisotopic (exact) mass is 350 g/mol. The summed E-state index contributed by atoms with van der Waals surface area (Å²) in [5.74, 6) is -5.69. The molecular formula is C15H15F5N2O2. The van der Waals surface area contributed by atoms with E-state index in [4.69, 9.17) is 0 Å². The summed E-state index contributed by atoms with van der Waals surface area (Å²) in [4.78, 5) is 16.8. The predicted molar refractivity (Wildman–Crippen MR) is 72.3 cm³/mol. The molecule has 1 amide bonds. The van der Waals surface area contributed by atoms with E-state index in [0.29, 0.717) is 25.0 Å². The van der Waals surface area contributed by atoms with Crippen molar-refractivity contribution in [3.8, 4) is 0 Å². The largest absolute Gasteiger partial charge is 0.384 e. The van der Waals surface area contributed by atoms with Crippen molar-refractivity contribution in [1.82, 2.24) is 9.88 Å². The molecule has 0 bridgehead atoms. The zero-order valence-electron chi connectivity index (χ0n) is 12.5. The van der Waals surface area contributed by atoms with E-state index in [1.165, 1.54) is 0 Å². The van der Waals surface area contributed by atoms with Crippen LogP contribution in [0.2, 0.25) is 0 Å². The summed E-state index contributed by atoms with van der Waals surface area (Å²) in [5, 5.41) is 10.0. The van der Waals surface area contributed by atoms with Crippen LogP contribution in [0.25, 0.3) is 0 Å². The smallest absolute Gasteiger partial charge is 0.292 e. The zero-order valence-corrected chi connectivity index (χ0v) is 12.5. The first-order valence-electron chi connectivity index (χ1n) is 7.51. The number of hydrogen-bond acceptors (Lipinski definition) is 3. The standard InChI is InChI=1S/C15H15F5N2O2/c16-8-5-9(11(17)18)21-10(6-8)12(23)22-7-15(19,20)13(24)14(22)3-1-2-4-14/h5-6,11,13,24H,1-4,7H2. The van der Waals surface area contributed by atoms with Crippen molar-refractivity contribution in [2.45, 2.75) is 49.7 Å². The molecule has 1 atom stereocenters. The van der Waals surface area contributed by atoms with Crippen molar-refractivity contribution in [3.63, 3.8) is 0 Å². The molecule has 2 fully saturated rings. The first-order valence-corrected chi connectivity index (χ1v) is 7.51. The molecule has 1 aromatic rings. The molecule has 1 saturated carbocycles. The van der Waals surface area contributed by atoms with Crippen LogP contribution in [-0.2, 0) is 0 Å². The Labute approximate surface area is 134 Å². The number of aromatic nitrogens is 1. The quantitative estimate of drug-likeness (QED) is 0.835. The fraction of sp³-hybridized carbons (Fsp3) is 0.600. The molecule has 4 nitrogen and oxygen atoms in total. The number of carbonyl (C=O) groups excluding carboxylic acids is 1. The van der Waals surface area contributed by atoms with Crippen molar-refractivity contribution in [3.05, 3.63) is 29.3 Å². The van der Waals surface area contributed by atoms with E-state index in [2.05, 4.69) is 4.98 Å². The molecule has 3 rings (SSSR count). The second-order valence-electron chi connectivity index (χ2n) is 6.26. The lowest BCUT2D eigenvalue weighted by molar-refractivity contribution is -0.0959. The van der Waals surface area contributed by atoms with Gasteiger partial charge in [0.15, 0.2) is 0 Å². The number of carbonyl (C=O) groups is 1. The summed E-state index contributed by atoms with van der Waals surface area (Å²) < 4.78 is 66.9. The van der Waals surface area contributed by atoms with Crippen LogP contribution in [0.4, 0.5) is 22.0 Å². The molecular weight excluding hydrogens is 335 g/mol. The summed E-state index contributed by atoms with van der Waals surface area (Å²) >= 11 is 0. The topological polar surface area (TPSA) is 53.4 Å². The highest BCUT2D eigenvalue weighted by Crippen LogP contribution is 2.49. The van der Waals surface area contributed by atoms with Gasteiger partial charge < -0.3 is 10.0 Å². The van der Waals surface area contributed by atoms with E-state index in [9.17, 15) is 31.9 Å². The molecule has 1 aromatic heterocycles. The Kier molecular flexibility index (Phi) is 4.01. The van der Waals surface area contributed by atoms with Gasteiger partial charge >= 0.3 is 0 Å². The van der Waals surface area contributed by atoms with Crippen LogP contribution in [0.15, 0.2) is 12.1 Å². The fourth-order valence-electron chi connectivity index (χ4n) is 3.68. The van der Waals surface area contributed by atoms with Gasteiger partial charge in [-0.1, -0.05) is 12.8 Å². The number of nitrogens with zero attached hydrogens (tertiary/aromatic N) is 2. The average Bonchev–Trinajstić information content (AvgIpc) is 3.07. The van der Waals surface area contributed by atoms with Crippen molar-refractivity contribution in [2.24, 2.45) is 0 Å². The minimum Gasteiger partial charge on any atom is -0.384 e. The van der Waals surface area contributed by atoms with E-state index >= 15 is 0 Å². The highest BCUT2D eigenvalue weighted by molar-refractivity contribution is 5.93. The number of alkyl halides is 4. The normalized spacial score (nSPS) is 25.0. The predicted octanol–water partition coefficient (Wildman–Crippen LogP) is 2.92. The Morgan fingerprint density at radius 1 is 1.29 bits per heavy atom. The summed E-state index contributed by atoms with van der Waals surface area (Å²) in [6, 6.07) is 1.12. The van der Waals surface area contributed by atoms with E-state index in [1.54, 1.807) is 0 Å². The number of halogens is 5. The van der Waals surface area contributed by atoms with Crippen LogP contribution >= 0.6 is 0 Å². The molecule has 0 aromatic carbocycles. The lowest BCUT2D eigenvalue weighted by Crippen LogP contribution is -2.52. The van der Waals surface area contributed by atoms with Gasteiger partial charge in [-0.25, -0.2) is 26.9 Å². The Balaban J connectivity index is 2.00. The zero-order chi connectivity index (χ0) is 17.7. The first kappa shape index (κ1) is 17.1. The third kappa shape index (κ3) is 2.54. The Morgan fingerprint density at radius 3 is 2.50 bits per heavy atom.